The number of phenolic OH excluding ortho intramolecular Hbond substituents is 1. The van der Waals surface area contributed by atoms with E-state index in [4.69, 9.17) is 5.11 Å². The lowest BCUT2D eigenvalue weighted by molar-refractivity contribution is -0.120. The molecule has 1 aliphatic carbocycles. The maximum absolute atomic E-state index is 10.5. The van der Waals surface area contributed by atoms with Crippen LogP contribution >= 0.6 is 0 Å². The Morgan fingerprint density at radius 2 is 1.15 bits per heavy atom. The predicted octanol–water partition coefficient (Wildman–Crippen LogP) is 5.99. The largest absolute Gasteiger partial charge is 0.508 e. The molecule has 0 heterocycles. The van der Waals surface area contributed by atoms with Crippen molar-refractivity contribution in [3.8, 4) is 5.75 Å². The van der Waals surface area contributed by atoms with Crippen LogP contribution in [0.25, 0.3) is 0 Å². The summed E-state index contributed by atoms with van der Waals surface area (Å²) in [7, 11) is 0. The first-order valence-corrected chi connectivity index (χ1v) is 8.05. The van der Waals surface area contributed by atoms with E-state index in [0.29, 0.717) is 11.5 Å². The van der Waals surface area contributed by atoms with Gasteiger partial charge in [0.1, 0.15) is 11.5 Å². The van der Waals surface area contributed by atoms with Crippen LogP contribution in [0.3, 0.4) is 0 Å². The van der Waals surface area contributed by atoms with E-state index in [9.17, 15) is 4.79 Å². The summed E-state index contributed by atoms with van der Waals surface area (Å²) in [4.78, 5) is 10.5. The molecule has 0 atom stereocenters. The highest BCUT2D eigenvalue weighted by Crippen LogP contribution is 2.12. The molecule has 0 radical (unpaired) electrons. The average molecular weight is 282 g/mol. The van der Waals surface area contributed by atoms with Gasteiger partial charge in [-0.25, -0.2) is 0 Å². The fourth-order valence-electron chi connectivity index (χ4n) is 1.37. The van der Waals surface area contributed by atoms with Gasteiger partial charge in [-0.1, -0.05) is 66.2 Å². The van der Waals surface area contributed by atoms with Gasteiger partial charge in [0, 0.05) is 12.8 Å². The minimum absolute atomic E-state index is 0.322. The van der Waals surface area contributed by atoms with E-state index in [1.165, 1.54) is 6.42 Å². The molecule has 2 nitrogen and oxygen atoms in total. The van der Waals surface area contributed by atoms with Gasteiger partial charge in [0.15, 0.2) is 0 Å². The predicted molar refractivity (Wildman–Crippen MR) is 90.2 cm³/mol. The molecule has 2 rings (SSSR count). The molecule has 1 aromatic carbocycles. The molecule has 1 aromatic rings. The first-order valence-electron chi connectivity index (χ1n) is 8.05. The zero-order valence-electron chi connectivity index (χ0n) is 14.3. The summed E-state index contributed by atoms with van der Waals surface area (Å²) >= 11 is 0. The van der Waals surface area contributed by atoms with Crippen molar-refractivity contribution in [1.82, 2.24) is 0 Å². The number of aromatic hydroxyl groups is 1. The number of hydrogen-bond acceptors (Lipinski definition) is 2. The Bertz CT molecular complexity index is 260. The van der Waals surface area contributed by atoms with Crippen molar-refractivity contribution in [3.63, 3.8) is 0 Å². The van der Waals surface area contributed by atoms with Crippen molar-refractivity contribution in [3.05, 3.63) is 30.3 Å². The molecule has 0 unspecified atom stereocenters. The molecule has 1 saturated carbocycles. The lowest BCUT2D eigenvalue weighted by Gasteiger charge is -2.05. The lowest BCUT2D eigenvalue weighted by Crippen LogP contribution is -2.02. The fraction of sp³-hybridized carbons (Fsp3) is 0.611. The summed E-state index contributed by atoms with van der Waals surface area (Å²) in [5.41, 5.74) is 0. The van der Waals surface area contributed by atoms with Crippen LogP contribution in [0.15, 0.2) is 30.3 Å². The molecule has 0 aromatic heterocycles. The molecule has 118 valence electrons. The number of hydrogen-bond donors (Lipinski definition) is 1. The van der Waals surface area contributed by atoms with Crippen molar-refractivity contribution >= 4 is 5.78 Å². The molecule has 0 bridgehead atoms. The van der Waals surface area contributed by atoms with Crippen molar-refractivity contribution in [2.45, 2.75) is 73.6 Å². The van der Waals surface area contributed by atoms with Crippen LogP contribution in [-0.4, -0.2) is 10.9 Å². The lowest BCUT2D eigenvalue weighted by atomic mass is 10.00. The van der Waals surface area contributed by atoms with E-state index in [2.05, 4.69) is 0 Å². The Labute approximate surface area is 126 Å². The van der Waals surface area contributed by atoms with Gasteiger partial charge in [-0.3, -0.25) is 4.79 Å². The van der Waals surface area contributed by atoms with Gasteiger partial charge in [-0.2, -0.15) is 0 Å². The Hall–Kier alpha value is -1.31. The molecule has 1 aliphatic rings. The third-order valence-electron chi connectivity index (χ3n) is 2.17. The van der Waals surface area contributed by atoms with Gasteiger partial charge in [0.25, 0.3) is 0 Å². The highest BCUT2D eigenvalue weighted by Gasteiger charge is 2.05. The van der Waals surface area contributed by atoms with Gasteiger partial charge in [0.2, 0.25) is 0 Å². The molecular formula is C18H34O2. The number of carbonyl (C=O) groups is 1. The average Bonchev–Trinajstić information content (AvgIpc) is 2.55. The first-order chi connectivity index (χ1) is 9.79. The topological polar surface area (TPSA) is 37.3 Å². The van der Waals surface area contributed by atoms with Crippen LogP contribution in [0.4, 0.5) is 0 Å². The minimum Gasteiger partial charge on any atom is -0.508 e. The number of benzene rings is 1. The highest BCUT2D eigenvalue weighted by molar-refractivity contribution is 5.78. The molecule has 0 amide bonds. The van der Waals surface area contributed by atoms with E-state index in [-0.39, 0.29) is 0 Å². The van der Waals surface area contributed by atoms with Crippen LogP contribution < -0.4 is 0 Å². The number of rotatable bonds is 0. The highest BCUT2D eigenvalue weighted by atomic mass is 16.3. The first kappa shape index (κ1) is 23.8. The fourth-order valence-corrected chi connectivity index (χ4v) is 1.37. The molecular weight excluding hydrogens is 248 g/mol. The van der Waals surface area contributed by atoms with E-state index in [1.807, 2.05) is 47.6 Å². The summed E-state index contributed by atoms with van der Waals surface area (Å²) < 4.78 is 0. The Balaban J connectivity index is -0.000000211. The van der Waals surface area contributed by atoms with Gasteiger partial charge >= 0.3 is 0 Å². The second-order valence-corrected chi connectivity index (χ2v) is 3.43. The minimum atomic E-state index is 0.322. The molecule has 0 spiro atoms. The van der Waals surface area contributed by atoms with Crippen LogP contribution in [0, 0.1) is 0 Å². The second-order valence-electron chi connectivity index (χ2n) is 3.43. The van der Waals surface area contributed by atoms with Crippen molar-refractivity contribution in [2.75, 3.05) is 0 Å². The summed E-state index contributed by atoms with van der Waals surface area (Å²) in [5.74, 6) is 0.786. The van der Waals surface area contributed by atoms with E-state index in [1.54, 1.807) is 24.3 Å². The number of ketones is 1. The third-order valence-corrected chi connectivity index (χ3v) is 2.17. The van der Waals surface area contributed by atoms with Crippen LogP contribution in [0.5, 0.6) is 5.75 Å². The van der Waals surface area contributed by atoms with Gasteiger partial charge in [0.05, 0.1) is 0 Å². The SMILES string of the molecule is CC.CC.CC.O=C1CCCCC1.Oc1ccccc1. The monoisotopic (exact) mass is 282 g/mol. The van der Waals surface area contributed by atoms with Crippen molar-refractivity contribution in [1.29, 1.82) is 0 Å². The third kappa shape index (κ3) is 19.0. The summed E-state index contributed by atoms with van der Waals surface area (Å²) in [6.45, 7) is 12.0. The number of para-hydroxylation sites is 1. The van der Waals surface area contributed by atoms with Gasteiger partial charge in [-0.15, -0.1) is 0 Å². The molecule has 0 aliphatic heterocycles. The molecule has 0 saturated heterocycles. The normalized spacial score (nSPS) is 11.8. The summed E-state index contributed by atoms with van der Waals surface area (Å²) in [6, 6.07) is 8.71. The van der Waals surface area contributed by atoms with Gasteiger partial charge in [-0.05, 0) is 25.0 Å². The zero-order chi connectivity index (χ0) is 16.2. The molecule has 1 fully saturated rings. The quantitative estimate of drug-likeness (QED) is 0.634. The standard InChI is InChI=1S/C6H10O.C6H6O.3C2H6/c2*7-6-4-2-1-3-5-6;3*1-2/h1-5H2;1-5,7H;3*1-2H3. The van der Waals surface area contributed by atoms with Gasteiger partial charge < -0.3 is 5.11 Å². The smallest absolute Gasteiger partial charge is 0.132 e. The second kappa shape index (κ2) is 22.8. The molecule has 2 heteroatoms. The van der Waals surface area contributed by atoms with E-state index < -0.39 is 0 Å². The van der Waals surface area contributed by atoms with E-state index in [0.717, 1.165) is 25.7 Å². The summed E-state index contributed by atoms with van der Waals surface area (Å²) in [5, 5.41) is 8.63. The van der Waals surface area contributed by atoms with E-state index >= 15 is 0 Å². The number of phenols is 1. The van der Waals surface area contributed by atoms with Crippen LogP contribution in [0.2, 0.25) is 0 Å². The number of Topliss-reactive ketones (excluding diaryl/α,β-unsaturated/α-hetero) is 1. The Kier molecular flexibility index (Phi) is 27.1. The molecule has 1 N–H and O–H groups in total. The van der Waals surface area contributed by atoms with Crippen molar-refractivity contribution < 1.29 is 9.90 Å². The number of carbonyl (C=O) groups excluding carboxylic acids is 1. The van der Waals surface area contributed by atoms with Crippen molar-refractivity contribution in [2.24, 2.45) is 0 Å². The maximum atomic E-state index is 10.5. The van der Waals surface area contributed by atoms with Crippen LogP contribution in [-0.2, 0) is 4.79 Å². The molecule has 20 heavy (non-hydrogen) atoms. The zero-order valence-corrected chi connectivity index (χ0v) is 14.3. The maximum Gasteiger partial charge on any atom is 0.132 e. The van der Waals surface area contributed by atoms with Crippen LogP contribution in [0.1, 0.15) is 73.6 Å². The Morgan fingerprint density at radius 3 is 1.35 bits per heavy atom. The summed E-state index contributed by atoms with van der Waals surface area (Å²) in [6.07, 6.45) is 5.24. The Morgan fingerprint density at radius 1 is 0.750 bits per heavy atom.